The van der Waals surface area contributed by atoms with Crippen LogP contribution >= 0.6 is 11.6 Å². The summed E-state index contributed by atoms with van der Waals surface area (Å²) in [6.07, 6.45) is 0. The van der Waals surface area contributed by atoms with Crippen molar-refractivity contribution in [3.05, 3.63) is 59.7 Å². The van der Waals surface area contributed by atoms with E-state index >= 15 is 0 Å². The monoisotopic (exact) mass is 248 g/mol. The average Bonchev–Trinajstić information content (AvgIpc) is 2.79. The molecule has 0 N–H and O–H groups in total. The summed E-state index contributed by atoms with van der Waals surface area (Å²) in [6.45, 7) is -5.70. The number of rotatable bonds is 1. The van der Waals surface area contributed by atoms with E-state index in [1.54, 1.807) is 24.3 Å². The van der Waals surface area contributed by atoms with E-state index in [0.717, 1.165) is 11.1 Å². The predicted molar refractivity (Wildman–Crippen MR) is 73.7 cm³/mol. The lowest BCUT2D eigenvalue weighted by molar-refractivity contribution is 0.615. The fourth-order valence-corrected chi connectivity index (χ4v) is 2.82. The Balaban J connectivity index is 2.34. The van der Waals surface area contributed by atoms with Crippen LogP contribution in [0.25, 0.3) is 11.1 Å². The van der Waals surface area contributed by atoms with Crippen molar-refractivity contribution >= 4 is 11.6 Å². The predicted octanol–water partition coefficient (Wildman–Crippen LogP) is 4.82. The Morgan fingerprint density at radius 3 is 1.88 bits per heavy atom. The van der Waals surface area contributed by atoms with Gasteiger partial charge in [0.25, 0.3) is 0 Å². The minimum Gasteiger partial charge on any atom is -0.119 e. The van der Waals surface area contributed by atoms with Crippen LogP contribution in [0.5, 0.6) is 0 Å². The second kappa shape index (κ2) is 3.61. The van der Waals surface area contributed by atoms with Crippen molar-refractivity contribution in [3.63, 3.8) is 0 Å². The van der Waals surface area contributed by atoms with Crippen LogP contribution in [0.1, 0.15) is 39.0 Å². The number of halogens is 1. The molecule has 2 aromatic carbocycles. The van der Waals surface area contributed by atoms with Gasteiger partial charge in [-0.1, -0.05) is 48.5 Å². The second-order valence-corrected chi connectivity index (χ2v) is 4.92. The SMILES string of the molecule is [2H]C([2H])([2H])C(Cl)(C1c2ccccc2-c2ccccc21)C([2H])([2H])[2H]. The summed E-state index contributed by atoms with van der Waals surface area (Å²) in [4.78, 5) is -2.39. The van der Waals surface area contributed by atoms with Crippen LogP contribution in [0.2, 0.25) is 0 Å². The Bertz CT molecular complexity index is 687. The molecule has 1 aliphatic carbocycles. The molecule has 0 aromatic heterocycles. The molecule has 0 unspecified atom stereocenters. The third kappa shape index (κ3) is 1.59. The quantitative estimate of drug-likeness (QED) is 0.635. The standard InChI is InChI=1S/C16H15Cl/c1-16(2,17)15-13-9-5-3-7-11(13)12-8-4-6-10-14(12)15/h3-10,15H,1-2H3/i1D3,2D3. The van der Waals surface area contributed by atoms with Gasteiger partial charge < -0.3 is 0 Å². The molecule has 0 atom stereocenters. The summed E-state index contributed by atoms with van der Waals surface area (Å²) in [5, 5.41) is 0. The molecule has 0 spiro atoms. The van der Waals surface area contributed by atoms with Gasteiger partial charge in [0.2, 0.25) is 0 Å². The molecule has 0 saturated carbocycles. The van der Waals surface area contributed by atoms with E-state index in [4.69, 9.17) is 19.8 Å². The molecule has 0 saturated heterocycles. The molecule has 0 amide bonds. The highest BCUT2D eigenvalue weighted by molar-refractivity contribution is 6.24. The lowest BCUT2D eigenvalue weighted by atomic mass is 9.86. The Hall–Kier alpha value is -1.27. The summed E-state index contributed by atoms with van der Waals surface area (Å²) in [5.74, 6) is -0.920. The number of alkyl halides is 1. The van der Waals surface area contributed by atoms with Gasteiger partial charge in [-0.15, -0.1) is 11.6 Å². The summed E-state index contributed by atoms with van der Waals surface area (Å²) in [7, 11) is 0. The first-order valence-electron chi connectivity index (χ1n) is 8.46. The van der Waals surface area contributed by atoms with Crippen LogP contribution in [-0.4, -0.2) is 4.87 Å². The maximum Gasteiger partial charge on any atom is 0.0499 e. The third-order valence-electron chi connectivity index (χ3n) is 3.23. The molecule has 0 fully saturated rings. The Morgan fingerprint density at radius 2 is 1.41 bits per heavy atom. The zero-order valence-corrected chi connectivity index (χ0v) is 9.83. The van der Waals surface area contributed by atoms with Gasteiger partial charge >= 0.3 is 0 Å². The van der Waals surface area contributed by atoms with Crippen LogP contribution < -0.4 is 0 Å². The maximum absolute atomic E-state index is 7.83. The van der Waals surface area contributed by atoms with Gasteiger partial charge in [0.05, 0.1) is 0 Å². The van der Waals surface area contributed by atoms with Gasteiger partial charge in [-0.25, -0.2) is 0 Å². The highest BCUT2D eigenvalue weighted by Gasteiger charge is 2.37. The lowest BCUT2D eigenvalue weighted by Crippen LogP contribution is -2.21. The van der Waals surface area contributed by atoms with Crippen molar-refractivity contribution in [2.45, 2.75) is 24.5 Å². The van der Waals surface area contributed by atoms with Crippen LogP contribution in [-0.2, 0) is 0 Å². The molecule has 3 rings (SSSR count). The topological polar surface area (TPSA) is 0 Å². The molecular formula is C16H15Cl. The van der Waals surface area contributed by atoms with Crippen LogP contribution in [0.4, 0.5) is 0 Å². The first-order chi connectivity index (χ1) is 10.6. The van der Waals surface area contributed by atoms with E-state index in [-0.39, 0.29) is 0 Å². The minimum absolute atomic E-state index is 0.649. The lowest BCUT2D eigenvalue weighted by Gasteiger charge is -2.26. The zero-order valence-electron chi connectivity index (χ0n) is 15.1. The van der Waals surface area contributed by atoms with Crippen molar-refractivity contribution in [3.8, 4) is 11.1 Å². The maximum atomic E-state index is 7.83. The van der Waals surface area contributed by atoms with E-state index < -0.39 is 24.5 Å². The van der Waals surface area contributed by atoms with E-state index in [9.17, 15) is 0 Å². The van der Waals surface area contributed by atoms with Crippen molar-refractivity contribution in [1.29, 1.82) is 0 Å². The number of benzene rings is 2. The summed E-state index contributed by atoms with van der Waals surface area (Å²) >= 11 is 6.43. The zero-order chi connectivity index (χ0) is 17.0. The Labute approximate surface area is 116 Å². The third-order valence-corrected chi connectivity index (χ3v) is 3.45. The van der Waals surface area contributed by atoms with Crippen LogP contribution in [0, 0.1) is 0 Å². The largest absolute Gasteiger partial charge is 0.119 e. The highest BCUT2D eigenvalue weighted by atomic mass is 35.5. The average molecular weight is 249 g/mol. The van der Waals surface area contributed by atoms with E-state index in [1.807, 2.05) is 24.3 Å². The van der Waals surface area contributed by atoms with Gasteiger partial charge in [-0.3, -0.25) is 0 Å². The number of hydrogen-bond acceptors (Lipinski definition) is 0. The summed E-state index contributed by atoms with van der Waals surface area (Å²) in [6, 6.07) is 14.5. The molecule has 0 heterocycles. The van der Waals surface area contributed by atoms with Gasteiger partial charge in [0.1, 0.15) is 0 Å². The Kier molecular flexibility index (Phi) is 1.29. The molecule has 1 aliphatic rings. The molecule has 1 heteroatoms. The van der Waals surface area contributed by atoms with Gasteiger partial charge in [0, 0.05) is 19.0 Å². The van der Waals surface area contributed by atoms with E-state index in [0.29, 0.717) is 11.1 Å². The van der Waals surface area contributed by atoms with Gasteiger partial charge in [-0.05, 0) is 36.0 Å². The summed E-state index contributed by atoms with van der Waals surface area (Å²) in [5.41, 5.74) is 2.98. The molecular weight excluding hydrogens is 228 g/mol. The van der Waals surface area contributed by atoms with Crippen LogP contribution in [0.3, 0.4) is 0 Å². The molecule has 0 bridgehead atoms. The molecule has 0 radical (unpaired) electrons. The second-order valence-electron chi connectivity index (χ2n) is 4.32. The fraction of sp³-hybridized carbons (Fsp3) is 0.250. The van der Waals surface area contributed by atoms with E-state index in [1.165, 1.54) is 0 Å². The Morgan fingerprint density at radius 1 is 0.941 bits per heavy atom. The minimum atomic E-state index is -2.85. The van der Waals surface area contributed by atoms with Crippen molar-refractivity contribution in [2.24, 2.45) is 0 Å². The highest BCUT2D eigenvalue weighted by Crippen LogP contribution is 2.51. The fourth-order valence-electron chi connectivity index (χ4n) is 2.58. The normalized spacial score (nSPS) is 21.2. The first kappa shape index (κ1) is 6.06. The van der Waals surface area contributed by atoms with Crippen molar-refractivity contribution in [2.75, 3.05) is 0 Å². The number of hydrogen-bond donors (Lipinski definition) is 0. The van der Waals surface area contributed by atoms with Gasteiger partial charge in [-0.2, -0.15) is 0 Å². The van der Waals surface area contributed by atoms with Crippen molar-refractivity contribution < 1.29 is 8.22 Å². The van der Waals surface area contributed by atoms with Gasteiger partial charge in [0.15, 0.2) is 0 Å². The molecule has 86 valence electrons. The molecule has 0 aliphatic heterocycles. The van der Waals surface area contributed by atoms with Crippen molar-refractivity contribution in [1.82, 2.24) is 0 Å². The molecule has 2 aromatic rings. The smallest absolute Gasteiger partial charge is 0.0499 e. The number of fused-ring (bicyclic) bond motifs is 3. The molecule has 0 nitrogen and oxygen atoms in total. The van der Waals surface area contributed by atoms with E-state index in [2.05, 4.69) is 0 Å². The van der Waals surface area contributed by atoms with Crippen LogP contribution in [0.15, 0.2) is 48.5 Å². The molecule has 17 heavy (non-hydrogen) atoms. The summed E-state index contributed by atoms with van der Waals surface area (Å²) < 4.78 is 47.0. The first-order valence-corrected chi connectivity index (χ1v) is 5.84.